The number of furan rings is 1. The largest absolute Gasteiger partial charge is 0.447 e. The molecule has 2 rings (SSSR count). The molecule has 6 nitrogen and oxygen atoms in total. The van der Waals surface area contributed by atoms with Crippen LogP contribution in [0.4, 0.5) is 0 Å². The second-order valence-electron chi connectivity index (χ2n) is 6.79. The van der Waals surface area contributed by atoms with Crippen molar-refractivity contribution in [2.24, 2.45) is 0 Å². The summed E-state index contributed by atoms with van der Waals surface area (Å²) < 4.78 is 38.0. The van der Waals surface area contributed by atoms with E-state index in [0.29, 0.717) is 31.9 Å². The van der Waals surface area contributed by atoms with Crippen LogP contribution in [0.5, 0.6) is 0 Å². The zero-order valence-electron chi connectivity index (χ0n) is 13.0. The van der Waals surface area contributed by atoms with Gasteiger partial charge in [0.2, 0.25) is 5.09 Å². The van der Waals surface area contributed by atoms with Crippen molar-refractivity contribution in [3.8, 4) is 0 Å². The summed E-state index contributed by atoms with van der Waals surface area (Å²) >= 11 is 0. The Balaban J connectivity index is 2.05. The third kappa shape index (κ3) is 4.54. The van der Waals surface area contributed by atoms with E-state index in [1.54, 1.807) is 6.07 Å². The van der Waals surface area contributed by atoms with E-state index in [4.69, 9.17) is 9.15 Å². The lowest BCUT2D eigenvalue weighted by Gasteiger charge is -2.22. The quantitative estimate of drug-likeness (QED) is 0.863. The van der Waals surface area contributed by atoms with Gasteiger partial charge < -0.3 is 14.5 Å². The monoisotopic (exact) mass is 316 g/mol. The molecule has 0 saturated carbocycles. The molecule has 2 heterocycles. The molecule has 0 aromatic carbocycles. The fourth-order valence-electron chi connectivity index (χ4n) is 2.07. The van der Waals surface area contributed by atoms with Crippen LogP contribution in [0.2, 0.25) is 0 Å². The molecule has 0 aliphatic carbocycles. The third-order valence-corrected chi connectivity index (χ3v) is 4.81. The number of nitrogens with one attached hydrogen (secondary N) is 2. The molecule has 21 heavy (non-hydrogen) atoms. The van der Waals surface area contributed by atoms with E-state index >= 15 is 0 Å². The van der Waals surface area contributed by atoms with Crippen LogP contribution in [0, 0.1) is 0 Å². The molecule has 0 bridgehead atoms. The Labute approximate surface area is 126 Å². The predicted octanol–water partition coefficient (Wildman–Crippen LogP) is 1.62. The van der Waals surface area contributed by atoms with Crippen molar-refractivity contribution in [1.82, 2.24) is 10.0 Å². The van der Waals surface area contributed by atoms with Gasteiger partial charge >= 0.3 is 0 Å². The van der Waals surface area contributed by atoms with E-state index in [-0.39, 0.29) is 10.6 Å². The van der Waals surface area contributed by atoms with Gasteiger partial charge in [-0.05, 0) is 46.2 Å². The summed E-state index contributed by atoms with van der Waals surface area (Å²) in [5.74, 6) is 0.595. The van der Waals surface area contributed by atoms with E-state index in [1.807, 2.05) is 27.7 Å². The Hall–Kier alpha value is -0.890. The van der Waals surface area contributed by atoms with E-state index < -0.39 is 15.6 Å². The summed E-state index contributed by atoms with van der Waals surface area (Å²) in [7, 11) is -3.66. The predicted molar refractivity (Wildman–Crippen MR) is 79.5 cm³/mol. The lowest BCUT2D eigenvalue weighted by Crippen LogP contribution is -2.46. The van der Waals surface area contributed by atoms with E-state index in [1.165, 1.54) is 6.07 Å². The molecule has 7 heteroatoms. The molecule has 0 spiro atoms. The first-order chi connectivity index (χ1) is 9.60. The summed E-state index contributed by atoms with van der Waals surface area (Å²) in [4.78, 5) is 0. The molecule has 1 fully saturated rings. The van der Waals surface area contributed by atoms with Crippen LogP contribution in [-0.4, -0.2) is 32.7 Å². The Morgan fingerprint density at radius 1 is 1.33 bits per heavy atom. The topological polar surface area (TPSA) is 80.6 Å². The zero-order chi connectivity index (χ0) is 15.7. The maximum absolute atomic E-state index is 12.3. The van der Waals surface area contributed by atoms with E-state index in [2.05, 4.69) is 10.0 Å². The maximum atomic E-state index is 12.3. The smallest absolute Gasteiger partial charge is 0.274 e. The molecule has 1 aromatic heterocycles. The van der Waals surface area contributed by atoms with E-state index in [9.17, 15) is 8.42 Å². The van der Waals surface area contributed by atoms with Crippen LogP contribution in [0.15, 0.2) is 21.6 Å². The summed E-state index contributed by atoms with van der Waals surface area (Å²) in [5.41, 5.74) is -0.617. The molecule has 1 aliphatic heterocycles. The third-order valence-electron chi connectivity index (χ3n) is 3.29. The van der Waals surface area contributed by atoms with E-state index in [0.717, 1.165) is 0 Å². The number of hydrogen-bond donors (Lipinski definition) is 2. The number of sulfonamides is 1. The Morgan fingerprint density at radius 2 is 2.05 bits per heavy atom. The van der Waals surface area contributed by atoms with Gasteiger partial charge in [-0.25, -0.2) is 13.1 Å². The van der Waals surface area contributed by atoms with Crippen LogP contribution in [-0.2, 0) is 21.3 Å². The van der Waals surface area contributed by atoms with Gasteiger partial charge in [-0.3, -0.25) is 0 Å². The SMILES string of the molecule is CC(C)(C)NCc1ccc(S(=O)(=O)NC2(C)CCOC2)o1. The first kappa shape index (κ1) is 16.5. The summed E-state index contributed by atoms with van der Waals surface area (Å²) in [6.45, 7) is 9.38. The molecule has 0 radical (unpaired) electrons. The first-order valence-electron chi connectivity index (χ1n) is 7.05. The van der Waals surface area contributed by atoms with Crippen molar-refractivity contribution in [1.29, 1.82) is 0 Å². The van der Waals surface area contributed by atoms with Crippen molar-refractivity contribution in [2.45, 2.75) is 56.8 Å². The van der Waals surface area contributed by atoms with Crippen LogP contribution >= 0.6 is 0 Å². The van der Waals surface area contributed by atoms with Gasteiger partial charge in [-0.1, -0.05) is 0 Å². The maximum Gasteiger partial charge on any atom is 0.274 e. The highest BCUT2D eigenvalue weighted by atomic mass is 32.2. The number of rotatable bonds is 5. The van der Waals surface area contributed by atoms with Gasteiger partial charge in [0.1, 0.15) is 5.76 Å². The minimum atomic E-state index is -3.66. The van der Waals surface area contributed by atoms with Crippen molar-refractivity contribution >= 4 is 10.0 Å². The Bertz CT molecular complexity index is 580. The highest BCUT2D eigenvalue weighted by Gasteiger charge is 2.35. The van der Waals surface area contributed by atoms with Gasteiger partial charge in [0.25, 0.3) is 10.0 Å². The molecular formula is C14H24N2O4S. The minimum Gasteiger partial charge on any atom is -0.447 e. The number of ether oxygens (including phenoxy) is 1. The van der Waals surface area contributed by atoms with Gasteiger partial charge in [0, 0.05) is 12.1 Å². The number of hydrogen-bond acceptors (Lipinski definition) is 5. The molecule has 1 aromatic rings. The molecule has 1 saturated heterocycles. The molecule has 1 unspecified atom stereocenters. The van der Waals surface area contributed by atoms with Gasteiger partial charge in [0.05, 0.1) is 18.7 Å². The fraction of sp³-hybridized carbons (Fsp3) is 0.714. The van der Waals surface area contributed by atoms with Gasteiger partial charge in [-0.15, -0.1) is 0 Å². The normalized spacial score (nSPS) is 23.6. The molecule has 0 amide bonds. The lowest BCUT2D eigenvalue weighted by molar-refractivity contribution is 0.178. The van der Waals surface area contributed by atoms with Crippen molar-refractivity contribution < 1.29 is 17.6 Å². The summed E-state index contributed by atoms with van der Waals surface area (Å²) in [6.07, 6.45) is 0.658. The minimum absolute atomic E-state index is 0.0543. The van der Waals surface area contributed by atoms with Crippen LogP contribution in [0.3, 0.4) is 0 Å². The van der Waals surface area contributed by atoms with Gasteiger partial charge in [0.15, 0.2) is 0 Å². The van der Waals surface area contributed by atoms with Crippen molar-refractivity contribution in [2.75, 3.05) is 13.2 Å². The molecular weight excluding hydrogens is 292 g/mol. The summed E-state index contributed by atoms with van der Waals surface area (Å²) in [5, 5.41) is 3.20. The molecule has 120 valence electrons. The Kier molecular flexibility index (Phi) is 4.49. The van der Waals surface area contributed by atoms with Crippen molar-refractivity contribution in [3.63, 3.8) is 0 Å². The van der Waals surface area contributed by atoms with Gasteiger partial charge in [-0.2, -0.15) is 0 Å². The fourth-order valence-corrected chi connectivity index (χ4v) is 3.45. The molecule has 2 N–H and O–H groups in total. The second-order valence-corrected chi connectivity index (χ2v) is 8.41. The average Bonchev–Trinajstić information content (AvgIpc) is 2.94. The first-order valence-corrected chi connectivity index (χ1v) is 8.54. The lowest BCUT2D eigenvalue weighted by atomic mass is 10.0. The van der Waals surface area contributed by atoms with Crippen LogP contribution in [0.1, 0.15) is 39.9 Å². The van der Waals surface area contributed by atoms with Crippen LogP contribution < -0.4 is 10.0 Å². The zero-order valence-corrected chi connectivity index (χ0v) is 13.8. The second kappa shape index (κ2) is 5.72. The Morgan fingerprint density at radius 3 is 2.62 bits per heavy atom. The molecule has 1 atom stereocenters. The standard InChI is InChI=1S/C14H24N2O4S/c1-13(2,3)15-9-11-5-6-12(20-11)21(17,18)16-14(4)7-8-19-10-14/h5-6,15-16H,7-10H2,1-4H3. The average molecular weight is 316 g/mol. The van der Waals surface area contributed by atoms with Crippen molar-refractivity contribution in [3.05, 3.63) is 17.9 Å². The van der Waals surface area contributed by atoms with Crippen LogP contribution in [0.25, 0.3) is 0 Å². The summed E-state index contributed by atoms with van der Waals surface area (Å²) in [6, 6.07) is 3.17. The highest BCUT2D eigenvalue weighted by Crippen LogP contribution is 2.22. The molecule has 1 aliphatic rings. The highest BCUT2D eigenvalue weighted by molar-refractivity contribution is 7.89.